The number of benzene rings is 3. The van der Waals surface area contributed by atoms with E-state index in [1.54, 1.807) is 30.3 Å². The largest absolute Gasteiger partial charge is 0.492 e. The number of rotatable bonds is 7. The Hall–Kier alpha value is -4.06. The average Bonchev–Trinajstić information content (AvgIpc) is 2.80. The van der Waals surface area contributed by atoms with Crippen molar-refractivity contribution in [2.75, 3.05) is 18.5 Å². The van der Waals surface area contributed by atoms with Crippen LogP contribution in [0.4, 0.5) is 5.69 Å². The predicted molar refractivity (Wildman–Crippen MR) is 120 cm³/mol. The van der Waals surface area contributed by atoms with Crippen LogP contribution in [-0.2, 0) is 4.79 Å². The van der Waals surface area contributed by atoms with Gasteiger partial charge in [-0.1, -0.05) is 42.5 Å². The monoisotopic (exact) mass is 415 g/mol. The van der Waals surface area contributed by atoms with Crippen molar-refractivity contribution >= 4 is 22.6 Å². The van der Waals surface area contributed by atoms with E-state index in [0.717, 1.165) is 5.56 Å². The average molecular weight is 415 g/mol. The number of hydrogen-bond donors (Lipinski definition) is 1. The number of carbonyl (C=O) groups excluding carboxylic acids is 1. The maximum absolute atomic E-state index is 12.8. The van der Waals surface area contributed by atoms with Crippen LogP contribution in [-0.4, -0.2) is 19.1 Å². The highest BCUT2D eigenvalue weighted by atomic mass is 16.5. The SMILES string of the molecule is CCOc1ccccc1NC(=O)COc1ccc2c(=O)c(-c3ccccc3)coc2c1. The maximum atomic E-state index is 12.8. The number of fused-ring (bicyclic) bond motifs is 1. The molecule has 6 heteroatoms. The Labute approximate surface area is 179 Å². The van der Waals surface area contributed by atoms with Crippen molar-refractivity contribution in [3.8, 4) is 22.6 Å². The molecule has 6 nitrogen and oxygen atoms in total. The summed E-state index contributed by atoms with van der Waals surface area (Å²) in [5.41, 5.74) is 2.14. The van der Waals surface area contributed by atoms with Gasteiger partial charge >= 0.3 is 0 Å². The van der Waals surface area contributed by atoms with Crippen LogP contribution in [0.5, 0.6) is 11.5 Å². The molecule has 0 fully saturated rings. The molecule has 0 aliphatic rings. The zero-order valence-corrected chi connectivity index (χ0v) is 17.0. The van der Waals surface area contributed by atoms with Gasteiger partial charge in [0.05, 0.1) is 23.2 Å². The number of ether oxygens (including phenoxy) is 2. The molecule has 0 bridgehead atoms. The van der Waals surface area contributed by atoms with Crippen LogP contribution >= 0.6 is 0 Å². The standard InChI is InChI=1S/C25H21NO5/c1-2-29-22-11-7-6-10-21(22)26-24(27)16-30-18-12-13-19-23(14-18)31-15-20(25(19)28)17-8-4-3-5-9-17/h3-15H,2,16H2,1H3,(H,26,27). The highest BCUT2D eigenvalue weighted by Gasteiger charge is 2.11. The lowest BCUT2D eigenvalue weighted by Gasteiger charge is -2.12. The summed E-state index contributed by atoms with van der Waals surface area (Å²) in [5, 5.41) is 3.22. The number of para-hydroxylation sites is 2. The molecule has 0 aliphatic carbocycles. The highest BCUT2D eigenvalue weighted by molar-refractivity contribution is 5.93. The van der Waals surface area contributed by atoms with E-state index in [0.29, 0.717) is 40.3 Å². The zero-order chi connectivity index (χ0) is 21.6. The summed E-state index contributed by atoms with van der Waals surface area (Å²) in [7, 11) is 0. The molecule has 1 N–H and O–H groups in total. The van der Waals surface area contributed by atoms with Crippen molar-refractivity contribution in [1.82, 2.24) is 0 Å². The van der Waals surface area contributed by atoms with E-state index in [9.17, 15) is 9.59 Å². The first-order chi connectivity index (χ1) is 15.2. The van der Waals surface area contributed by atoms with Crippen LogP contribution in [0.25, 0.3) is 22.1 Å². The van der Waals surface area contributed by atoms with Gasteiger partial charge in [0.25, 0.3) is 5.91 Å². The number of anilines is 1. The van der Waals surface area contributed by atoms with Crippen molar-refractivity contribution in [2.45, 2.75) is 6.92 Å². The van der Waals surface area contributed by atoms with Crippen LogP contribution in [0.2, 0.25) is 0 Å². The van der Waals surface area contributed by atoms with Gasteiger partial charge in [0.1, 0.15) is 23.3 Å². The second-order valence-electron chi connectivity index (χ2n) is 6.77. The van der Waals surface area contributed by atoms with Gasteiger partial charge < -0.3 is 19.2 Å². The third-order valence-corrected chi connectivity index (χ3v) is 4.66. The quantitative estimate of drug-likeness (QED) is 0.466. The lowest BCUT2D eigenvalue weighted by Crippen LogP contribution is -2.20. The Morgan fingerprint density at radius 3 is 2.55 bits per heavy atom. The molecule has 0 unspecified atom stereocenters. The Bertz CT molecular complexity index is 1260. The lowest BCUT2D eigenvalue weighted by atomic mass is 10.1. The minimum atomic E-state index is -0.326. The van der Waals surface area contributed by atoms with Gasteiger partial charge in [-0.3, -0.25) is 9.59 Å². The molecule has 0 radical (unpaired) electrons. The van der Waals surface area contributed by atoms with Gasteiger partial charge in [0.2, 0.25) is 0 Å². The van der Waals surface area contributed by atoms with Gasteiger partial charge in [-0.2, -0.15) is 0 Å². The number of hydrogen-bond acceptors (Lipinski definition) is 5. The van der Waals surface area contributed by atoms with E-state index in [4.69, 9.17) is 13.9 Å². The maximum Gasteiger partial charge on any atom is 0.262 e. The van der Waals surface area contributed by atoms with Crippen LogP contribution in [0.3, 0.4) is 0 Å². The third kappa shape index (κ3) is 4.59. The van der Waals surface area contributed by atoms with E-state index < -0.39 is 0 Å². The third-order valence-electron chi connectivity index (χ3n) is 4.66. The molecule has 3 aromatic carbocycles. The molecule has 0 saturated heterocycles. The second kappa shape index (κ2) is 9.17. The van der Waals surface area contributed by atoms with Crippen molar-refractivity contribution in [3.05, 3.63) is 89.3 Å². The van der Waals surface area contributed by atoms with E-state index in [-0.39, 0.29) is 17.9 Å². The molecule has 0 spiro atoms. The Morgan fingerprint density at radius 1 is 0.968 bits per heavy atom. The molecule has 4 aromatic rings. The smallest absolute Gasteiger partial charge is 0.262 e. The molecule has 1 heterocycles. The first kappa shape index (κ1) is 20.2. The van der Waals surface area contributed by atoms with Crippen molar-refractivity contribution in [3.63, 3.8) is 0 Å². The minimum absolute atomic E-state index is 0.121. The van der Waals surface area contributed by atoms with Crippen LogP contribution in [0.1, 0.15) is 6.92 Å². The van der Waals surface area contributed by atoms with Crippen molar-refractivity contribution in [1.29, 1.82) is 0 Å². The summed E-state index contributed by atoms with van der Waals surface area (Å²) in [6, 6.07) is 21.4. The van der Waals surface area contributed by atoms with E-state index in [1.807, 2.05) is 49.4 Å². The van der Waals surface area contributed by atoms with Crippen LogP contribution < -0.4 is 20.2 Å². The molecule has 0 aliphatic heterocycles. The van der Waals surface area contributed by atoms with E-state index in [1.165, 1.54) is 6.26 Å². The topological polar surface area (TPSA) is 77.8 Å². The highest BCUT2D eigenvalue weighted by Crippen LogP contribution is 2.25. The summed E-state index contributed by atoms with van der Waals surface area (Å²) in [6.07, 6.45) is 1.45. The molecule has 156 valence electrons. The Kier molecular flexibility index (Phi) is 5.98. The molecule has 0 atom stereocenters. The molecular weight excluding hydrogens is 394 g/mol. The Morgan fingerprint density at radius 2 is 1.74 bits per heavy atom. The van der Waals surface area contributed by atoms with Crippen molar-refractivity contribution < 1.29 is 18.7 Å². The summed E-state index contributed by atoms with van der Waals surface area (Å²) in [6.45, 7) is 2.18. The fraction of sp³-hybridized carbons (Fsp3) is 0.120. The lowest BCUT2D eigenvalue weighted by molar-refractivity contribution is -0.118. The second-order valence-corrected chi connectivity index (χ2v) is 6.77. The van der Waals surface area contributed by atoms with E-state index in [2.05, 4.69) is 5.32 Å². The first-order valence-corrected chi connectivity index (χ1v) is 9.91. The van der Waals surface area contributed by atoms with Gasteiger partial charge in [0.15, 0.2) is 12.0 Å². The first-order valence-electron chi connectivity index (χ1n) is 9.91. The number of carbonyl (C=O) groups is 1. The van der Waals surface area contributed by atoms with Gasteiger partial charge in [-0.25, -0.2) is 0 Å². The fourth-order valence-corrected chi connectivity index (χ4v) is 3.20. The molecule has 31 heavy (non-hydrogen) atoms. The van der Waals surface area contributed by atoms with Gasteiger partial charge in [-0.15, -0.1) is 0 Å². The predicted octanol–water partition coefficient (Wildman–Crippen LogP) is 4.88. The van der Waals surface area contributed by atoms with Crippen molar-refractivity contribution in [2.24, 2.45) is 0 Å². The summed E-state index contributed by atoms with van der Waals surface area (Å²) in [5.74, 6) is 0.699. The number of nitrogens with one attached hydrogen (secondary N) is 1. The molecule has 4 rings (SSSR count). The fourth-order valence-electron chi connectivity index (χ4n) is 3.20. The normalized spacial score (nSPS) is 10.6. The molecule has 1 aromatic heterocycles. The van der Waals surface area contributed by atoms with E-state index >= 15 is 0 Å². The number of amides is 1. The molecular formula is C25H21NO5. The summed E-state index contributed by atoms with van der Waals surface area (Å²) < 4.78 is 16.8. The van der Waals surface area contributed by atoms with Crippen LogP contribution in [0.15, 0.2) is 88.3 Å². The van der Waals surface area contributed by atoms with Gasteiger partial charge in [-0.05, 0) is 36.8 Å². The summed E-state index contributed by atoms with van der Waals surface area (Å²) >= 11 is 0. The Balaban J connectivity index is 1.47. The summed E-state index contributed by atoms with van der Waals surface area (Å²) in [4.78, 5) is 25.1. The molecule has 1 amide bonds. The zero-order valence-electron chi connectivity index (χ0n) is 17.0. The van der Waals surface area contributed by atoms with Crippen LogP contribution in [0, 0.1) is 0 Å². The minimum Gasteiger partial charge on any atom is -0.492 e. The van der Waals surface area contributed by atoms with Gasteiger partial charge in [0, 0.05) is 6.07 Å². The molecule has 0 saturated carbocycles.